The van der Waals surface area contributed by atoms with Crippen molar-refractivity contribution in [3.05, 3.63) is 46.6 Å². The molecule has 18 heavy (non-hydrogen) atoms. The number of nitrogens with zero attached hydrogens (tertiary/aromatic N) is 2. The molecule has 0 radical (unpaired) electrons. The van der Waals surface area contributed by atoms with Gasteiger partial charge in [-0.05, 0) is 30.5 Å². The third kappa shape index (κ3) is 2.76. The lowest BCUT2D eigenvalue weighted by Crippen LogP contribution is -2.10. The lowest BCUT2D eigenvalue weighted by molar-refractivity contribution is 0.376. The zero-order chi connectivity index (χ0) is 13.1. The van der Waals surface area contributed by atoms with Gasteiger partial charge in [0.2, 0.25) is 5.89 Å². The van der Waals surface area contributed by atoms with Crippen LogP contribution in [0.3, 0.4) is 0 Å². The van der Waals surface area contributed by atoms with E-state index in [9.17, 15) is 0 Å². The van der Waals surface area contributed by atoms with Crippen molar-refractivity contribution in [2.75, 3.05) is 6.54 Å². The molecule has 0 bridgehead atoms. The van der Waals surface area contributed by atoms with E-state index >= 15 is 0 Å². The Kier molecular flexibility index (Phi) is 3.77. The van der Waals surface area contributed by atoms with Gasteiger partial charge in [-0.1, -0.05) is 30.3 Å². The van der Waals surface area contributed by atoms with Crippen molar-refractivity contribution >= 4 is 0 Å². The molecule has 96 valence electrons. The summed E-state index contributed by atoms with van der Waals surface area (Å²) in [6.07, 6.45) is 0.672. The summed E-state index contributed by atoms with van der Waals surface area (Å²) in [5.74, 6) is 1.48. The predicted octanol–water partition coefficient (Wildman–Crippen LogP) is 2.34. The van der Waals surface area contributed by atoms with Crippen LogP contribution < -0.4 is 5.73 Å². The van der Waals surface area contributed by atoms with Crippen LogP contribution in [0, 0.1) is 13.8 Å². The minimum atomic E-state index is 0.141. The lowest BCUT2D eigenvalue weighted by atomic mass is 10.0. The molecule has 0 amide bonds. The van der Waals surface area contributed by atoms with Crippen LogP contribution >= 0.6 is 0 Å². The van der Waals surface area contributed by atoms with E-state index in [0.29, 0.717) is 24.7 Å². The van der Waals surface area contributed by atoms with Crippen LogP contribution in [0.15, 0.2) is 22.7 Å². The van der Waals surface area contributed by atoms with E-state index in [-0.39, 0.29) is 5.92 Å². The molecule has 0 aliphatic heterocycles. The van der Waals surface area contributed by atoms with Crippen LogP contribution in [-0.4, -0.2) is 16.7 Å². The molecule has 2 rings (SSSR count). The summed E-state index contributed by atoms with van der Waals surface area (Å²) in [7, 11) is 0. The Morgan fingerprint density at radius 3 is 2.72 bits per heavy atom. The Morgan fingerprint density at radius 1 is 1.28 bits per heavy atom. The first-order valence-electron chi connectivity index (χ1n) is 6.19. The van der Waals surface area contributed by atoms with Crippen molar-refractivity contribution in [3.8, 4) is 0 Å². The van der Waals surface area contributed by atoms with Gasteiger partial charge in [-0.3, -0.25) is 0 Å². The Hall–Kier alpha value is -1.68. The van der Waals surface area contributed by atoms with E-state index in [1.807, 2.05) is 6.92 Å². The van der Waals surface area contributed by atoms with E-state index in [1.54, 1.807) is 0 Å². The third-order valence-electron chi connectivity index (χ3n) is 3.20. The molecule has 2 aromatic rings. The Balaban J connectivity index is 2.13. The molecule has 0 saturated heterocycles. The molecular formula is C14H19N3O. The second kappa shape index (κ2) is 5.31. The molecule has 1 heterocycles. The molecule has 0 saturated carbocycles. The van der Waals surface area contributed by atoms with E-state index in [4.69, 9.17) is 10.3 Å². The van der Waals surface area contributed by atoms with Crippen LogP contribution in [0.5, 0.6) is 0 Å². The second-order valence-corrected chi connectivity index (χ2v) is 4.78. The fraction of sp³-hybridized carbons (Fsp3) is 0.429. The number of nitrogens with two attached hydrogens (primary N) is 1. The first kappa shape index (κ1) is 12.8. The average Bonchev–Trinajstić information content (AvgIpc) is 2.81. The Morgan fingerprint density at radius 2 is 2.06 bits per heavy atom. The Bertz CT molecular complexity index is 534. The molecule has 2 N–H and O–H groups in total. The summed E-state index contributed by atoms with van der Waals surface area (Å²) in [5.41, 5.74) is 9.34. The topological polar surface area (TPSA) is 64.9 Å². The second-order valence-electron chi connectivity index (χ2n) is 4.78. The normalized spacial score (nSPS) is 12.7. The van der Waals surface area contributed by atoms with Crippen LogP contribution in [0.25, 0.3) is 0 Å². The highest BCUT2D eigenvalue weighted by Crippen LogP contribution is 2.15. The molecule has 1 aromatic heterocycles. The summed E-state index contributed by atoms with van der Waals surface area (Å²) < 4.78 is 5.24. The van der Waals surface area contributed by atoms with Gasteiger partial charge in [-0.15, -0.1) is 0 Å². The monoisotopic (exact) mass is 245 g/mol. The highest BCUT2D eigenvalue weighted by molar-refractivity contribution is 5.31. The van der Waals surface area contributed by atoms with Gasteiger partial charge < -0.3 is 10.3 Å². The van der Waals surface area contributed by atoms with E-state index in [0.717, 1.165) is 0 Å². The molecule has 1 unspecified atom stereocenters. The highest BCUT2D eigenvalue weighted by Gasteiger charge is 2.12. The number of rotatable bonds is 4. The highest BCUT2D eigenvalue weighted by atomic mass is 16.5. The smallest absolute Gasteiger partial charge is 0.231 e. The summed E-state index contributed by atoms with van der Waals surface area (Å²) in [6.45, 7) is 6.73. The average molecular weight is 245 g/mol. The van der Waals surface area contributed by atoms with E-state index < -0.39 is 0 Å². The number of hydrogen-bond donors (Lipinski definition) is 1. The van der Waals surface area contributed by atoms with Gasteiger partial charge in [0.15, 0.2) is 5.82 Å². The van der Waals surface area contributed by atoms with E-state index in [2.05, 4.69) is 42.2 Å². The summed E-state index contributed by atoms with van der Waals surface area (Å²) in [6, 6.07) is 6.37. The number of aromatic nitrogens is 2. The Labute approximate surface area is 107 Å². The van der Waals surface area contributed by atoms with Crippen LogP contribution in [0.4, 0.5) is 0 Å². The quantitative estimate of drug-likeness (QED) is 0.898. The summed E-state index contributed by atoms with van der Waals surface area (Å²) in [4.78, 5) is 4.37. The fourth-order valence-corrected chi connectivity index (χ4v) is 1.73. The summed E-state index contributed by atoms with van der Waals surface area (Å²) in [5, 5.41) is 3.96. The zero-order valence-electron chi connectivity index (χ0n) is 11.1. The predicted molar refractivity (Wildman–Crippen MR) is 70.5 cm³/mol. The van der Waals surface area contributed by atoms with Crippen molar-refractivity contribution in [3.63, 3.8) is 0 Å². The number of aryl methyl sites for hydroxylation is 2. The van der Waals surface area contributed by atoms with Crippen molar-refractivity contribution in [1.82, 2.24) is 10.1 Å². The molecule has 0 fully saturated rings. The maximum atomic E-state index is 5.58. The summed E-state index contributed by atoms with van der Waals surface area (Å²) >= 11 is 0. The lowest BCUT2D eigenvalue weighted by Gasteiger charge is -2.02. The molecule has 0 aliphatic rings. The zero-order valence-corrected chi connectivity index (χ0v) is 11.1. The van der Waals surface area contributed by atoms with Gasteiger partial charge in [0.25, 0.3) is 0 Å². The molecule has 4 nitrogen and oxygen atoms in total. The van der Waals surface area contributed by atoms with Crippen molar-refractivity contribution in [1.29, 1.82) is 0 Å². The minimum Gasteiger partial charge on any atom is -0.339 e. The van der Waals surface area contributed by atoms with Crippen molar-refractivity contribution < 1.29 is 4.52 Å². The first-order valence-corrected chi connectivity index (χ1v) is 6.19. The van der Waals surface area contributed by atoms with Crippen molar-refractivity contribution in [2.24, 2.45) is 5.73 Å². The van der Waals surface area contributed by atoms with Crippen LogP contribution in [-0.2, 0) is 6.42 Å². The van der Waals surface area contributed by atoms with Gasteiger partial charge in [-0.25, -0.2) is 0 Å². The molecule has 1 aromatic carbocycles. The molecule has 0 aliphatic carbocycles. The maximum absolute atomic E-state index is 5.58. The molecule has 4 heteroatoms. The molecular weight excluding hydrogens is 226 g/mol. The third-order valence-corrected chi connectivity index (χ3v) is 3.20. The SMILES string of the molecule is Cc1ccc(Cc2nc(C(C)CN)no2)cc1C. The van der Waals surface area contributed by atoms with Crippen LogP contribution in [0.1, 0.15) is 41.2 Å². The van der Waals surface area contributed by atoms with E-state index in [1.165, 1.54) is 16.7 Å². The maximum Gasteiger partial charge on any atom is 0.231 e. The first-order chi connectivity index (χ1) is 8.60. The number of benzene rings is 1. The fourth-order valence-electron chi connectivity index (χ4n) is 1.73. The van der Waals surface area contributed by atoms with Gasteiger partial charge in [0, 0.05) is 12.5 Å². The molecule has 0 spiro atoms. The van der Waals surface area contributed by atoms with Crippen molar-refractivity contribution in [2.45, 2.75) is 33.1 Å². The molecule has 1 atom stereocenters. The minimum absolute atomic E-state index is 0.141. The van der Waals surface area contributed by atoms with Gasteiger partial charge in [0.05, 0.1) is 6.42 Å². The van der Waals surface area contributed by atoms with Gasteiger partial charge >= 0.3 is 0 Å². The van der Waals surface area contributed by atoms with Gasteiger partial charge in [-0.2, -0.15) is 4.98 Å². The van der Waals surface area contributed by atoms with Crippen LogP contribution in [0.2, 0.25) is 0 Å². The largest absolute Gasteiger partial charge is 0.339 e. The van der Waals surface area contributed by atoms with Gasteiger partial charge in [0.1, 0.15) is 0 Å². The standard InChI is InChI=1S/C14H19N3O/c1-9-4-5-12(6-10(9)2)7-13-16-14(17-18-13)11(3)8-15/h4-6,11H,7-8,15H2,1-3H3. The number of hydrogen-bond acceptors (Lipinski definition) is 4.